The summed E-state index contributed by atoms with van der Waals surface area (Å²) in [4.78, 5) is 35.9. The molecule has 102 valence electrons. The Hall–Kier alpha value is -0.870. The molecule has 3 nitrogen and oxygen atoms in total. The van der Waals surface area contributed by atoms with E-state index in [2.05, 4.69) is 0 Å². The summed E-state index contributed by atoms with van der Waals surface area (Å²) in [6.07, 6.45) is 7.29. The van der Waals surface area contributed by atoms with E-state index in [0.717, 1.165) is 0 Å². The van der Waals surface area contributed by atoms with Crippen LogP contribution in [0.3, 0.4) is 0 Å². The van der Waals surface area contributed by atoms with Crippen molar-refractivity contribution in [2.45, 2.75) is 30.9 Å². The molecule has 0 radical (unpaired) electrons. The van der Waals surface area contributed by atoms with E-state index in [-0.39, 0.29) is 16.8 Å². The SMILES string of the molecule is CSC1C=CC(C(=O)C2C(=O)CCCC2=O)=C(Cl)C1. The van der Waals surface area contributed by atoms with E-state index in [4.69, 9.17) is 11.6 Å². The minimum Gasteiger partial charge on any atom is -0.298 e. The maximum atomic E-state index is 12.3. The van der Waals surface area contributed by atoms with E-state index in [0.29, 0.717) is 36.3 Å². The van der Waals surface area contributed by atoms with Gasteiger partial charge in [-0.05, 0) is 19.1 Å². The standard InChI is InChI=1S/C14H15ClO3S/c1-19-8-5-6-9(10(15)7-8)14(18)13-11(16)3-2-4-12(13)17/h5-6,8,13H,2-4,7H2,1H3. The van der Waals surface area contributed by atoms with E-state index in [1.54, 1.807) is 17.8 Å². The summed E-state index contributed by atoms with van der Waals surface area (Å²) in [5, 5.41) is 0.708. The Balaban J connectivity index is 2.22. The van der Waals surface area contributed by atoms with Gasteiger partial charge in [-0.1, -0.05) is 23.8 Å². The topological polar surface area (TPSA) is 51.2 Å². The molecule has 1 unspecified atom stereocenters. The lowest BCUT2D eigenvalue weighted by Gasteiger charge is -2.22. The van der Waals surface area contributed by atoms with Crippen LogP contribution >= 0.6 is 23.4 Å². The number of thioether (sulfide) groups is 1. The summed E-state index contributed by atoms with van der Waals surface area (Å²) in [5.74, 6) is -2.07. The van der Waals surface area contributed by atoms with Gasteiger partial charge in [-0.25, -0.2) is 0 Å². The van der Waals surface area contributed by atoms with E-state index in [9.17, 15) is 14.4 Å². The minimum absolute atomic E-state index is 0.252. The van der Waals surface area contributed by atoms with Crippen LogP contribution < -0.4 is 0 Å². The number of carbonyl (C=O) groups excluding carboxylic acids is 3. The van der Waals surface area contributed by atoms with Crippen LogP contribution in [-0.4, -0.2) is 28.9 Å². The zero-order chi connectivity index (χ0) is 14.0. The number of halogens is 1. The summed E-state index contributed by atoms with van der Waals surface area (Å²) < 4.78 is 0. The second-order valence-corrected chi connectivity index (χ2v) is 6.27. The lowest BCUT2D eigenvalue weighted by molar-refractivity contribution is -0.140. The number of hydrogen-bond acceptors (Lipinski definition) is 4. The number of carbonyl (C=O) groups is 3. The van der Waals surface area contributed by atoms with Gasteiger partial charge in [-0.15, -0.1) is 0 Å². The van der Waals surface area contributed by atoms with Crippen molar-refractivity contribution in [1.29, 1.82) is 0 Å². The number of ketones is 3. The molecule has 2 aliphatic rings. The van der Waals surface area contributed by atoms with Crippen LogP contribution in [0.25, 0.3) is 0 Å². The molecule has 2 aliphatic carbocycles. The smallest absolute Gasteiger partial charge is 0.181 e. The van der Waals surface area contributed by atoms with Crippen molar-refractivity contribution in [3.05, 3.63) is 22.8 Å². The number of rotatable bonds is 3. The first-order valence-corrected chi connectivity index (χ1v) is 7.90. The Kier molecular flexibility index (Phi) is 4.63. The van der Waals surface area contributed by atoms with Gasteiger partial charge in [-0.3, -0.25) is 14.4 Å². The fourth-order valence-electron chi connectivity index (χ4n) is 2.38. The Morgan fingerprint density at radius 2 is 1.95 bits per heavy atom. The summed E-state index contributed by atoms with van der Waals surface area (Å²) in [6.45, 7) is 0. The van der Waals surface area contributed by atoms with Crippen molar-refractivity contribution < 1.29 is 14.4 Å². The maximum Gasteiger partial charge on any atom is 0.181 e. The molecule has 0 aliphatic heterocycles. The molecule has 0 aromatic heterocycles. The van der Waals surface area contributed by atoms with Crippen LogP contribution in [0.15, 0.2) is 22.8 Å². The molecule has 1 fully saturated rings. The fraction of sp³-hybridized carbons (Fsp3) is 0.500. The van der Waals surface area contributed by atoms with Gasteiger partial charge < -0.3 is 0 Å². The van der Waals surface area contributed by atoms with Crippen molar-refractivity contribution >= 4 is 40.7 Å². The van der Waals surface area contributed by atoms with Gasteiger partial charge in [0.05, 0.1) is 0 Å². The molecule has 0 aromatic rings. The van der Waals surface area contributed by atoms with E-state index < -0.39 is 11.7 Å². The van der Waals surface area contributed by atoms with Crippen LogP contribution in [-0.2, 0) is 14.4 Å². The second-order valence-electron chi connectivity index (χ2n) is 4.74. The molecule has 0 N–H and O–H groups in total. The van der Waals surface area contributed by atoms with E-state index in [1.165, 1.54) is 0 Å². The average molecular weight is 299 g/mol. The third kappa shape index (κ3) is 3.00. The predicted molar refractivity (Wildman–Crippen MR) is 76.3 cm³/mol. The number of allylic oxidation sites excluding steroid dienone is 3. The number of hydrogen-bond donors (Lipinski definition) is 0. The highest BCUT2D eigenvalue weighted by Gasteiger charge is 2.38. The Labute approximate surface area is 121 Å². The third-order valence-electron chi connectivity index (χ3n) is 3.47. The second kappa shape index (κ2) is 6.06. The highest BCUT2D eigenvalue weighted by Crippen LogP contribution is 2.31. The molecule has 0 spiro atoms. The molecule has 0 aromatic carbocycles. The van der Waals surface area contributed by atoms with Gasteiger partial charge in [0.25, 0.3) is 0 Å². The minimum atomic E-state index is -1.12. The molecular weight excluding hydrogens is 284 g/mol. The highest BCUT2D eigenvalue weighted by atomic mass is 35.5. The molecule has 0 saturated heterocycles. The quantitative estimate of drug-likeness (QED) is 0.752. The largest absolute Gasteiger partial charge is 0.298 e. The monoisotopic (exact) mass is 298 g/mol. The molecule has 1 atom stereocenters. The lowest BCUT2D eigenvalue weighted by Crippen LogP contribution is -2.36. The molecule has 2 rings (SSSR count). The molecule has 0 bridgehead atoms. The van der Waals surface area contributed by atoms with Crippen molar-refractivity contribution in [1.82, 2.24) is 0 Å². The number of Topliss-reactive ketones (excluding diaryl/α,β-unsaturated/α-hetero) is 3. The van der Waals surface area contributed by atoms with Crippen LogP contribution in [0, 0.1) is 5.92 Å². The summed E-state index contributed by atoms with van der Waals surface area (Å²) in [5.41, 5.74) is 0.334. The third-order valence-corrected chi connectivity index (χ3v) is 4.76. The van der Waals surface area contributed by atoms with Crippen LogP contribution in [0.5, 0.6) is 0 Å². The van der Waals surface area contributed by atoms with Gasteiger partial charge in [-0.2, -0.15) is 11.8 Å². The predicted octanol–water partition coefficient (Wildman–Crippen LogP) is 2.68. The van der Waals surface area contributed by atoms with Gasteiger partial charge in [0.2, 0.25) is 0 Å². The van der Waals surface area contributed by atoms with Crippen LogP contribution in [0.4, 0.5) is 0 Å². The van der Waals surface area contributed by atoms with Gasteiger partial charge in [0.1, 0.15) is 5.92 Å². The van der Waals surface area contributed by atoms with Crippen molar-refractivity contribution in [2.24, 2.45) is 5.92 Å². The molecule has 5 heteroatoms. The van der Waals surface area contributed by atoms with Gasteiger partial charge in [0, 0.05) is 28.7 Å². The zero-order valence-electron chi connectivity index (χ0n) is 10.6. The lowest BCUT2D eigenvalue weighted by atomic mass is 9.80. The van der Waals surface area contributed by atoms with Crippen molar-refractivity contribution in [2.75, 3.05) is 6.26 Å². The van der Waals surface area contributed by atoms with E-state index in [1.807, 2.05) is 12.3 Å². The van der Waals surface area contributed by atoms with E-state index >= 15 is 0 Å². The molecule has 0 amide bonds. The average Bonchev–Trinajstić information content (AvgIpc) is 2.38. The van der Waals surface area contributed by atoms with Gasteiger partial charge >= 0.3 is 0 Å². The highest BCUT2D eigenvalue weighted by molar-refractivity contribution is 7.99. The summed E-state index contributed by atoms with van der Waals surface area (Å²) in [7, 11) is 0. The summed E-state index contributed by atoms with van der Waals surface area (Å²) >= 11 is 7.79. The molecule has 1 saturated carbocycles. The molecule has 19 heavy (non-hydrogen) atoms. The normalized spacial score (nSPS) is 25.1. The van der Waals surface area contributed by atoms with Crippen molar-refractivity contribution in [3.63, 3.8) is 0 Å². The maximum absolute atomic E-state index is 12.3. The first kappa shape index (κ1) is 14.5. The molecule has 0 heterocycles. The Morgan fingerprint density at radius 1 is 1.32 bits per heavy atom. The van der Waals surface area contributed by atoms with Gasteiger partial charge in [0.15, 0.2) is 17.3 Å². The van der Waals surface area contributed by atoms with Crippen molar-refractivity contribution in [3.8, 4) is 0 Å². The Bertz CT molecular complexity index is 477. The Morgan fingerprint density at radius 3 is 2.47 bits per heavy atom. The molecular formula is C14H15ClO3S. The first-order valence-electron chi connectivity index (χ1n) is 6.24. The first-order chi connectivity index (χ1) is 9.04. The summed E-state index contributed by atoms with van der Waals surface area (Å²) in [6, 6.07) is 0. The zero-order valence-corrected chi connectivity index (χ0v) is 12.2. The van der Waals surface area contributed by atoms with Crippen LogP contribution in [0.2, 0.25) is 0 Å². The fourth-order valence-corrected chi connectivity index (χ4v) is 3.36. The van der Waals surface area contributed by atoms with Crippen LogP contribution in [0.1, 0.15) is 25.7 Å².